The fraction of sp³-hybridized carbons (Fsp3) is 0.529. The smallest absolute Gasteiger partial charge is 0.333 e. The Morgan fingerprint density at radius 2 is 1.85 bits per heavy atom. The summed E-state index contributed by atoms with van der Waals surface area (Å²) < 4.78 is 5.93. The highest BCUT2D eigenvalue weighted by molar-refractivity contribution is 5.77. The number of carboxylic acid groups (broad SMARTS) is 1. The van der Waals surface area contributed by atoms with Crippen molar-refractivity contribution < 1.29 is 9.90 Å². The zero-order chi connectivity index (χ0) is 18.7. The van der Waals surface area contributed by atoms with Crippen LogP contribution in [0.5, 0.6) is 0 Å². The van der Waals surface area contributed by atoms with Crippen molar-refractivity contribution in [3.8, 4) is 0 Å². The van der Waals surface area contributed by atoms with E-state index in [-0.39, 0.29) is 11.2 Å². The Kier molecular flexibility index (Phi) is 3.57. The molecule has 0 unspecified atom stereocenters. The second-order valence-electron chi connectivity index (χ2n) is 7.03. The molecule has 9 nitrogen and oxygen atoms in total. The molecule has 1 fully saturated rings. The van der Waals surface area contributed by atoms with Crippen molar-refractivity contribution in [1.82, 2.24) is 23.1 Å². The number of aromatic nitrogens is 5. The third-order valence-electron chi connectivity index (χ3n) is 5.54. The number of aryl methyl sites for hydroxylation is 2. The second-order valence-corrected chi connectivity index (χ2v) is 7.03. The number of nitrogens with zero attached hydrogens (tertiary/aromatic N) is 5. The molecule has 4 rings (SSSR count). The van der Waals surface area contributed by atoms with E-state index in [1.165, 1.54) is 11.6 Å². The van der Waals surface area contributed by atoms with Gasteiger partial charge >= 0.3 is 11.7 Å². The van der Waals surface area contributed by atoms with Crippen LogP contribution in [0, 0.1) is 13.8 Å². The van der Waals surface area contributed by atoms with Gasteiger partial charge in [-0.1, -0.05) is 12.8 Å². The van der Waals surface area contributed by atoms with Crippen molar-refractivity contribution in [1.29, 1.82) is 0 Å². The first-order chi connectivity index (χ1) is 12.3. The van der Waals surface area contributed by atoms with Crippen molar-refractivity contribution in [2.75, 3.05) is 0 Å². The summed E-state index contributed by atoms with van der Waals surface area (Å²) >= 11 is 0. The van der Waals surface area contributed by atoms with Crippen LogP contribution in [-0.4, -0.2) is 34.2 Å². The molecule has 0 atom stereocenters. The van der Waals surface area contributed by atoms with E-state index in [0.29, 0.717) is 11.8 Å². The van der Waals surface area contributed by atoms with Gasteiger partial charge in [-0.15, -0.1) is 0 Å². The predicted octanol–water partition coefficient (Wildman–Crippen LogP) is 0.966. The monoisotopic (exact) mass is 359 g/mol. The van der Waals surface area contributed by atoms with E-state index in [2.05, 4.69) is 9.55 Å². The molecule has 1 saturated carbocycles. The Balaban J connectivity index is 2.15. The number of rotatable bonds is 3. The first-order valence-corrected chi connectivity index (χ1v) is 8.74. The van der Waals surface area contributed by atoms with Crippen LogP contribution in [0.1, 0.15) is 43.1 Å². The average Bonchev–Trinajstić information content (AvgIpc) is 3.28. The highest BCUT2D eigenvalue weighted by atomic mass is 16.4. The summed E-state index contributed by atoms with van der Waals surface area (Å²) in [6, 6.07) is 0.335. The highest BCUT2D eigenvalue weighted by Gasteiger charge is 2.27. The van der Waals surface area contributed by atoms with E-state index in [0.717, 1.165) is 41.6 Å². The molecule has 1 aliphatic carbocycles. The molecular formula is C17H21N5O4. The Labute approximate surface area is 148 Å². The van der Waals surface area contributed by atoms with E-state index >= 15 is 0 Å². The van der Waals surface area contributed by atoms with E-state index in [4.69, 9.17) is 5.11 Å². The molecule has 26 heavy (non-hydrogen) atoms. The van der Waals surface area contributed by atoms with Crippen LogP contribution in [0.4, 0.5) is 0 Å². The fourth-order valence-electron chi connectivity index (χ4n) is 4.15. The van der Waals surface area contributed by atoms with Gasteiger partial charge in [0.1, 0.15) is 6.54 Å². The molecule has 0 aromatic carbocycles. The third kappa shape index (κ3) is 2.09. The minimum atomic E-state index is -1.24. The molecule has 0 saturated heterocycles. The topological polar surface area (TPSA) is 104 Å². The standard InChI is InChI=1S/C17H21N5O4/c1-9-10(2)22-13-14(18-16(22)21(9)11-6-4-5-7-11)19(3)17(26)20(15(13)25)8-12(23)24/h11H,4-8H2,1-3H3,(H,23,24). The summed E-state index contributed by atoms with van der Waals surface area (Å²) in [5, 5.41) is 9.05. The van der Waals surface area contributed by atoms with Crippen LogP contribution in [0.2, 0.25) is 0 Å². The van der Waals surface area contributed by atoms with Gasteiger partial charge in [0.25, 0.3) is 5.56 Å². The molecule has 9 heteroatoms. The van der Waals surface area contributed by atoms with Crippen LogP contribution >= 0.6 is 0 Å². The van der Waals surface area contributed by atoms with Crippen molar-refractivity contribution >= 4 is 22.9 Å². The Bertz CT molecular complexity index is 1170. The molecule has 0 spiro atoms. The zero-order valence-corrected chi connectivity index (χ0v) is 15.0. The van der Waals surface area contributed by atoms with Crippen LogP contribution in [0.3, 0.4) is 0 Å². The lowest BCUT2D eigenvalue weighted by molar-refractivity contribution is -0.137. The number of hydrogen-bond donors (Lipinski definition) is 1. The summed E-state index contributed by atoms with van der Waals surface area (Å²) in [7, 11) is 1.51. The molecular weight excluding hydrogens is 338 g/mol. The molecule has 0 radical (unpaired) electrons. The van der Waals surface area contributed by atoms with Crippen LogP contribution in [0.15, 0.2) is 9.59 Å². The maximum atomic E-state index is 12.9. The average molecular weight is 359 g/mol. The van der Waals surface area contributed by atoms with E-state index in [1.54, 1.807) is 4.40 Å². The number of carbonyl (C=O) groups is 1. The number of aliphatic carboxylic acids is 1. The van der Waals surface area contributed by atoms with E-state index in [9.17, 15) is 14.4 Å². The largest absolute Gasteiger partial charge is 0.480 e. The third-order valence-corrected chi connectivity index (χ3v) is 5.54. The lowest BCUT2D eigenvalue weighted by atomic mass is 10.2. The summed E-state index contributed by atoms with van der Waals surface area (Å²) in [5.74, 6) is -0.595. The molecule has 3 heterocycles. The molecule has 0 bridgehead atoms. The van der Waals surface area contributed by atoms with Crippen molar-refractivity contribution in [3.63, 3.8) is 0 Å². The van der Waals surface area contributed by atoms with E-state index < -0.39 is 23.8 Å². The van der Waals surface area contributed by atoms with Crippen molar-refractivity contribution in [3.05, 3.63) is 32.2 Å². The van der Waals surface area contributed by atoms with E-state index in [1.807, 2.05) is 13.8 Å². The minimum absolute atomic E-state index is 0.251. The normalized spacial score (nSPS) is 15.5. The molecule has 1 N–H and O–H groups in total. The minimum Gasteiger partial charge on any atom is -0.480 e. The molecule has 3 aromatic heterocycles. The van der Waals surface area contributed by atoms with Gasteiger partial charge in [-0.25, -0.2) is 9.36 Å². The Hall–Kier alpha value is -2.84. The number of hydrogen-bond acceptors (Lipinski definition) is 4. The molecule has 0 aliphatic heterocycles. The SMILES string of the molecule is Cc1c(C)n2c3c(=O)n(CC(=O)O)c(=O)n(C)c3nc2n1C1CCCC1. The van der Waals surface area contributed by atoms with Crippen molar-refractivity contribution in [2.45, 2.75) is 52.1 Å². The first-order valence-electron chi connectivity index (χ1n) is 8.74. The van der Waals surface area contributed by atoms with Gasteiger partial charge in [-0.05, 0) is 26.7 Å². The van der Waals surface area contributed by atoms with Gasteiger partial charge in [0, 0.05) is 24.5 Å². The molecule has 0 amide bonds. The molecule has 3 aromatic rings. The van der Waals surface area contributed by atoms with Crippen molar-refractivity contribution in [2.24, 2.45) is 7.05 Å². The van der Waals surface area contributed by atoms with Crippen LogP contribution in [0.25, 0.3) is 16.9 Å². The molecule has 1 aliphatic rings. The first kappa shape index (κ1) is 16.6. The maximum Gasteiger partial charge on any atom is 0.333 e. The number of imidazole rings is 2. The quantitative estimate of drug-likeness (QED) is 0.750. The van der Waals surface area contributed by atoms with Gasteiger partial charge in [0.2, 0.25) is 5.78 Å². The summed E-state index contributed by atoms with van der Waals surface area (Å²) in [5.41, 5.74) is 1.16. The van der Waals surface area contributed by atoms with Gasteiger partial charge in [-0.3, -0.25) is 18.6 Å². The van der Waals surface area contributed by atoms with Crippen LogP contribution < -0.4 is 11.2 Å². The second kappa shape index (κ2) is 5.58. The summed E-state index contributed by atoms with van der Waals surface area (Å²) in [4.78, 5) is 41.1. The lowest BCUT2D eigenvalue weighted by Gasteiger charge is -2.13. The van der Waals surface area contributed by atoms with Gasteiger partial charge < -0.3 is 9.67 Å². The number of fused-ring (bicyclic) bond motifs is 3. The number of carboxylic acids is 1. The lowest BCUT2D eigenvalue weighted by Crippen LogP contribution is -2.41. The van der Waals surface area contributed by atoms with Gasteiger partial charge in [0.15, 0.2) is 11.2 Å². The maximum absolute atomic E-state index is 12.9. The predicted molar refractivity (Wildman–Crippen MR) is 94.8 cm³/mol. The Morgan fingerprint density at radius 3 is 2.46 bits per heavy atom. The fourth-order valence-corrected chi connectivity index (χ4v) is 4.15. The van der Waals surface area contributed by atoms with Gasteiger partial charge in [0.05, 0.1) is 0 Å². The van der Waals surface area contributed by atoms with Gasteiger partial charge in [-0.2, -0.15) is 4.98 Å². The summed E-state index contributed by atoms with van der Waals surface area (Å²) in [6.07, 6.45) is 4.46. The zero-order valence-electron chi connectivity index (χ0n) is 15.0. The highest BCUT2D eigenvalue weighted by Crippen LogP contribution is 2.34. The summed E-state index contributed by atoms with van der Waals surface area (Å²) in [6.45, 7) is 3.25. The Morgan fingerprint density at radius 1 is 1.19 bits per heavy atom. The van der Waals surface area contributed by atoms with Crippen LogP contribution in [-0.2, 0) is 18.4 Å². The molecule has 138 valence electrons.